The molecule has 1 aromatic heterocycles. The highest BCUT2D eigenvalue weighted by molar-refractivity contribution is 9.10. The first-order valence-electron chi connectivity index (χ1n) is 5.72. The Hall–Kier alpha value is -0.430. The Labute approximate surface area is 121 Å². The summed E-state index contributed by atoms with van der Waals surface area (Å²) in [6, 6.07) is 2.09. The summed E-state index contributed by atoms with van der Waals surface area (Å²) >= 11 is 5.11. The third kappa shape index (κ3) is 4.05. The summed E-state index contributed by atoms with van der Waals surface area (Å²) in [6.45, 7) is 2.34. The molecular formula is C12H20BrN3OS. The lowest BCUT2D eigenvalue weighted by Crippen LogP contribution is -2.42. The van der Waals surface area contributed by atoms with Crippen molar-refractivity contribution in [1.82, 2.24) is 9.80 Å². The van der Waals surface area contributed by atoms with Crippen molar-refractivity contribution < 1.29 is 4.79 Å². The van der Waals surface area contributed by atoms with Crippen molar-refractivity contribution in [2.45, 2.75) is 19.0 Å². The highest BCUT2D eigenvalue weighted by Gasteiger charge is 2.24. The molecule has 0 fully saturated rings. The van der Waals surface area contributed by atoms with Crippen molar-refractivity contribution in [2.75, 3.05) is 27.7 Å². The third-order valence-electron chi connectivity index (χ3n) is 2.74. The zero-order valence-electron chi connectivity index (χ0n) is 11.2. The van der Waals surface area contributed by atoms with E-state index in [9.17, 15) is 4.79 Å². The number of nitrogens with two attached hydrogens (primary N) is 1. The van der Waals surface area contributed by atoms with Gasteiger partial charge in [-0.25, -0.2) is 0 Å². The molecule has 6 heteroatoms. The van der Waals surface area contributed by atoms with Gasteiger partial charge in [-0.2, -0.15) is 0 Å². The molecule has 0 aliphatic rings. The minimum Gasteiger partial charge on any atom is -0.348 e. The van der Waals surface area contributed by atoms with Crippen molar-refractivity contribution in [3.63, 3.8) is 0 Å². The van der Waals surface area contributed by atoms with Gasteiger partial charge in [0, 0.05) is 34.9 Å². The summed E-state index contributed by atoms with van der Waals surface area (Å²) in [5.41, 5.74) is 6.06. The fourth-order valence-electron chi connectivity index (χ4n) is 1.81. The van der Waals surface area contributed by atoms with Gasteiger partial charge in [0.1, 0.15) is 0 Å². The molecule has 0 aliphatic heterocycles. The van der Waals surface area contributed by atoms with Crippen LogP contribution in [0, 0.1) is 0 Å². The van der Waals surface area contributed by atoms with Gasteiger partial charge in [-0.3, -0.25) is 9.69 Å². The van der Waals surface area contributed by atoms with Crippen molar-refractivity contribution >= 4 is 33.2 Å². The van der Waals surface area contributed by atoms with Gasteiger partial charge in [0.2, 0.25) is 5.91 Å². The van der Waals surface area contributed by atoms with Crippen LogP contribution in [-0.2, 0) is 4.79 Å². The Balaban J connectivity index is 2.82. The zero-order chi connectivity index (χ0) is 13.9. The number of likely N-dealkylation sites (N-methyl/N-ethyl adjacent to an activating group) is 2. The Kier molecular flexibility index (Phi) is 5.78. The number of amides is 1. The molecule has 1 heterocycles. The van der Waals surface area contributed by atoms with Gasteiger partial charge in [-0.05, 0) is 36.0 Å². The molecule has 0 spiro atoms. The second-order valence-corrected chi connectivity index (χ2v) is 6.53. The summed E-state index contributed by atoms with van der Waals surface area (Å²) < 4.78 is 1.06. The summed E-state index contributed by atoms with van der Waals surface area (Å²) in [7, 11) is 5.46. The molecule has 1 aromatic rings. The fraction of sp³-hybridized carbons (Fsp3) is 0.583. The van der Waals surface area contributed by atoms with Crippen LogP contribution in [0.4, 0.5) is 0 Å². The average Bonchev–Trinajstić information content (AvgIpc) is 2.63. The molecule has 0 radical (unpaired) electrons. The van der Waals surface area contributed by atoms with Crippen LogP contribution in [0.25, 0.3) is 0 Å². The van der Waals surface area contributed by atoms with E-state index < -0.39 is 0 Å². The number of nitrogens with zero attached hydrogens (tertiary/aromatic N) is 2. The maximum Gasteiger partial charge on any atom is 0.236 e. The number of hydrogen-bond acceptors (Lipinski definition) is 4. The quantitative estimate of drug-likeness (QED) is 0.895. The molecule has 0 aromatic carbocycles. The number of halogens is 1. The Morgan fingerprint density at radius 2 is 2.11 bits per heavy atom. The van der Waals surface area contributed by atoms with Crippen LogP contribution < -0.4 is 5.73 Å². The molecule has 1 rings (SSSR count). The van der Waals surface area contributed by atoms with Crippen LogP contribution in [0.15, 0.2) is 15.9 Å². The van der Waals surface area contributed by atoms with E-state index in [-0.39, 0.29) is 18.0 Å². The monoisotopic (exact) mass is 333 g/mol. The molecule has 18 heavy (non-hydrogen) atoms. The summed E-state index contributed by atoms with van der Waals surface area (Å²) in [4.78, 5) is 16.5. The molecule has 0 saturated carbocycles. The summed E-state index contributed by atoms with van der Waals surface area (Å²) in [5, 5.41) is 2.03. The van der Waals surface area contributed by atoms with Crippen molar-refractivity contribution in [2.24, 2.45) is 5.73 Å². The summed E-state index contributed by atoms with van der Waals surface area (Å²) in [6.07, 6.45) is 0. The number of rotatable bonds is 5. The molecule has 4 nitrogen and oxygen atoms in total. The molecule has 2 N–H and O–H groups in total. The van der Waals surface area contributed by atoms with Crippen LogP contribution in [0.5, 0.6) is 0 Å². The predicted octanol–water partition coefficient (Wildman–Crippen LogP) is 1.92. The van der Waals surface area contributed by atoms with E-state index >= 15 is 0 Å². The van der Waals surface area contributed by atoms with E-state index in [4.69, 9.17) is 5.73 Å². The Bertz CT molecular complexity index is 406. The second-order valence-electron chi connectivity index (χ2n) is 4.67. The first-order chi connectivity index (χ1) is 8.32. The van der Waals surface area contributed by atoms with Crippen LogP contribution in [0.2, 0.25) is 0 Å². The number of hydrogen-bond donors (Lipinski definition) is 1. The van der Waals surface area contributed by atoms with E-state index in [0.717, 1.165) is 4.47 Å². The smallest absolute Gasteiger partial charge is 0.236 e. The molecule has 1 amide bonds. The van der Waals surface area contributed by atoms with Crippen LogP contribution in [-0.4, -0.2) is 49.4 Å². The Morgan fingerprint density at radius 3 is 2.50 bits per heavy atom. The molecule has 102 valence electrons. The molecule has 0 bridgehead atoms. The van der Waals surface area contributed by atoms with E-state index in [1.165, 1.54) is 4.88 Å². The third-order valence-corrected chi connectivity index (χ3v) is 4.50. The normalized spacial score (nSPS) is 14.6. The van der Waals surface area contributed by atoms with Crippen molar-refractivity contribution in [3.8, 4) is 0 Å². The minimum atomic E-state index is -0.0319. The van der Waals surface area contributed by atoms with E-state index in [1.807, 2.05) is 24.3 Å². The van der Waals surface area contributed by atoms with Crippen LogP contribution >= 0.6 is 27.3 Å². The highest BCUT2D eigenvalue weighted by atomic mass is 79.9. The maximum atomic E-state index is 11.8. The molecule has 0 saturated heterocycles. The number of carbonyl (C=O) groups excluding carboxylic acids is 1. The van der Waals surface area contributed by atoms with Crippen LogP contribution in [0.3, 0.4) is 0 Å². The fourth-order valence-corrected chi connectivity index (χ4v) is 3.54. The second kappa shape index (κ2) is 6.65. The molecule has 2 unspecified atom stereocenters. The first-order valence-corrected chi connectivity index (χ1v) is 7.40. The molecule has 2 atom stereocenters. The van der Waals surface area contributed by atoms with Gasteiger partial charge in [0.15, 0.2) is 0 Å². The maximum absolute atomic E-state index is 11.8. The lowest BCUT2D eigenvalue weighted by atomic mass is 10.1. The molecule has 0 aliphatic carbocycles. The largest absolute Gasteiger partial charge is 0.348 e. The van der Waals surface area contributed by atoms with Crippen LogP contribution in [0.1, 0.15) is 17.8 Å². The van der Waals surface area contributed by atoms with E-state index in [2.05, 4.69) is 22.0 Å². The SMILES string of the molecule is CC(N)C(c1cc(Br)cs1)N(C)CC(=O)N(C)C. The topological polar surface area (TPSA) is 49.6 Å². The highest BCUT2D eigenvalue weighted by Crippen LogP contribution is 2.30. The first kappa shape index (κ1) is 15.6. The number of carbonyl (C=O) groups is 1. The minimum absolute atomic E-state index is 0.0319. The standard InChI is InChI=1S/C12H20BrN3OS/c1-8(14)12(10-5-9(13)7-18-10)16(4)6-11(17)15(2)3/h5,7-8,12H,6,14H2,1-4H3. The van der Waals surface area contributed by atoms with E-state index in [1.54, 1.807) is 30.3 Å². The lowest BCUT2D eigenvalue weighted by Gasteiger charge is -2.30. The molecular weight excluding hydrogens is 314 g/mol. The Morgan fingerprint density at radius 1 is 1.50 bits per heavy atom. The van der Waals surface area contributed by atoms with Gasteiger partial charge in [-0.15, -0.1) is 11.3 Å². The van der Waals surface area contributed by atoms with Crippen molar-refractivity contribution in [1.29, 1.82) is 0 Å². The van der Waals surface area contributed by atoms with Gasteiger partial charge in [0.05, 0.1) is 12.6 Å². The van der Waals surface area contributed by atoms with E-state index in [0.29, 0.717) is 6.54 Å². The van der Waals surface area contributed by atoms with Gasteiger partial charge >= 0.3 is 0 Å². The van der Waals surface area contributed by atoms with Gasteiger partial charge in [-0.1, -0.05) is 0 Å². The zero-order valence-corrected chi connectivity index (χ0v) is 13.6. The predicted molar refractivity (Wildman–Crippen MR) is 79.7 cm³/mol. The average molecular weight is 334 g/mol. The number of thiophene rings is 1. The van der Waals surface area contributed by atoms with Gasteiger partial charge < -0.3 is 10.6 Å². The summed E-state index contributed by atoms with van der Waals surface area (Å²) in [5.74, 6) is 0.0822. The lowest BCUT2D eigenvalue weighted by molar-refractivity contribution is -0.130. The van der Waals surface area contributed by atoms with Gasteiger partial charge in [0.25, 0.3) is 0 Å². The van der Waals surface area contributed by atoms with Crippen molar-refractivity contribution in [3.05, 3.63) is 20.8 Å².